The van der Waals surface area contributed by atoms with Crippen LogP contribution in [0.25, 0.3) is 0 Å². The molecule has 26 heavy (non-hydrogen) atoms. The maximum Gasteiger partial charge on any atom is 0.162 e. The molecule has 0 aliphatic carbocycles. The molecule has 4 heteroatoms. The van der Waals surface area contributed by atoms with Crippen LogP contribution in [0.4, 0.5) is 0 Å². The number of allylic oxidation sites excluding steroid dienone is 3. The van der Waals surface area contributed by atoms with Crippen LogP contribution < -0.4 is 10.5 Å². The Morgan fingerprint density at radius 2 is 1.69 bits per heavy atom. The van der Waals surface area contributed by atoms with E-state index in [2.05, 4.69) is 0 Å². The van der Waals surface area contributed by atoms with Crippen LogP contribution in [-0.2, 0) is 11.2 Å². The van der Waals surface area contributed by atoms with E-state index in [1.54, 1.807) is 0 Å². The maximum atomic E-state index is 12.5. The number of rotatable bonds is 6. The second kappa shape index (κ2) is 8.02. The lowest BCUT2D eigenvalue weighted by atomic mass is 9.98. The zero-order chi connectivity index (χ0) is 18.5. The Bertz CT molecular complexity index is 823. The summed E-state index contributed by atoms with van der Waals surface area (Å²) in [6, 6.07) is 17.5. The number of aryl methyl sites for hydroxylation is 1. The SMILES string of the molecule is CC1=CC=C(C(=O)CCc2ccc(Oc3ccccc3)cc2)C(N)N1C. The Hall–Kier alpha value is -2.85. The van der Waals surface area contributed by atoms with Crippen LogP contribution in [0.2, 0.25) is 0 Å². The van der Waals surface area contributed by atoms with Gasteiger partial charge in [0.15, 0.2) is 5.78 Å². The molecule has 134 valence electrons. The minimum Gasteiger partial charge on any atom is -0.457 e. The molecule has 1 aliphatic heterocycles. The van der Waals surface area contributed by atoms with Gasteiger partial charge in [0.05, 0.1) is 0 Å². The van der Waals surface area contributed by atoms with E-state index >= 15 is 0 Å². The lowest BCUT2D eigenvalue weighted by Gasteiger charge is -2.31. The van der Waals surface area contributed by atoms with Crippen molar-refractivity contribution in [3.8, 4) is 11.5 Å². The fourth-order valence-corrected chi connectivity index (χ4v) is 2.86. The summed E-state index contributed by atoms with van der Waals surface area (Å²) < 4.78 is 5.79. The minimum absolute atomic E-state index is 0.0951. The van der Waals surface area contributed by atoms with Crippen molar-refractivity contribution in [3.63, 3.8) is 0 Å². The normalized spacial score (nSPS) is 16.7. The van der Waals surface area contributed by atoms with Gasteiger partial charge in [-0.15, -0.1) is 0 Å². The van der Waals surface area contributed by atoms with Crippen LogP contribution in [0.15, 0.2) is 78.0 Å². The number of Topliss-reactive ketones (excluding diaryl/α,β-unsaturated/α-hetero) is 1. The number of carbonyl (C=O) groups is 1. The second-order valence-corrected chi connectivity index (χ2v) is 6.47. The molecule has 2 aromatic carbocycles. The number of hydrogen-bond acceptors (Lipinski definition) is 4. The first-order valence-electron chi connectivity index (χ1n) is 8.76. The summed E-state index contributed by atoms with van der Waals surface area (Å²) in [7, 11) is 1.91. The van der Waals surface area contributed by atoms with Crippen LogP contribution in [-0.4, -0.2) is 23.9 Å². The van der Waals surface area contributed by atoms with Gasteiger partial charge in [0.1, 0.15) is 17.7 Å². The van der Waals surface area contributed by atoms with Crippen molar-refractivity contribution in [3.05, 3.63) is 83.6 Å². The topological polar surface area (TPSA) is 55.6 Å². The van der Waals surface area contributed by atoms with Crippen molar-refractivity contribution in [2.45, 2.75) is 25.9 Å². The molecular weight excluding hydrogens is 324 g/mol. The quantitative estimate of drug-likeness (QED) is 0.856. The molecule has 0 bridgehead atoms. The molecule has 0 fully saturated rings. The first kappa shape index (κ1) is 18.0. The number of nitrogens with two attached hydrogens (primary N) is 1. The van der Waals surface area contributed by atoms with Crippen molar-refractivity contribution in [2.75, 3.05) is 7.05 Å². The van der Waals surface area contributed by atoms with Gasteiger partial charge in [-0.2, -0.15) is 0 Å². The first-order chi connectivity index (χ1) is 12.5. The molecule has 0 saturated heterocycles. The van der Waals surface area contributed by atoms with E-state index < -0.39 is 0 Å². The number of ketones is 1. The summed E-state index contributed by atoms with van der Waals surface area (Å²) in [5.41, 5.74) is 8.98. The van der Waals surface area contributed by atoms with Gasteiger partial charge in [0.25, 0.3) is 0 Å². The van der Waals surface area contributed by atoms with E-state index in [0.717, 1.165) is 22.8 Å². The molecule has 1 heterocycles. The standard InChI is InChI=1S/C22H24N2O2/c1-16-8-14-20(22(23)24(16)2)21(25)15-11-17-9-12-19(13-10-17)26-18-6-4-3-5-7-18/h3-10,12-14,22H,11,15,23H2,1-2H3. The maximum absolute atomic E-state index is 12.5. The van der Waals surface area contributed by atoms with Crippen LogP contribution in [0, 0.1) is 0 Å². The summed E-state index contributed by atoms with van der Waals surface area (Å²) in [5, 5.41) is 0. The van der Waals surface area contributed by atoms with E-state index in [9.17, 15) is 4.79 Å². The number of nitrogens with zero attached hydrogens (tertiary/aromatic N) is 1. The summed E-state index contributed by atoms with van der Waals surface area (Å²) >= 11 is 0. The summed E-state index contributed by atoms with van der Waals surface area (Å²) in [6.07, 6.45) is 4.54. The van der Waals surface area contributed by atoms with Crippen LogP contribution >= 0.6 is 0 Å². The molecule has 3 rings (SSSR count). The van der Waals surface area contributed by atoms with Gasteiger partial charge >= 0.3 is 0 Å². The highest BCUT2D eigenvalue weighted by Crippen LogP contribution is 2.22. The van der Waals surface area contributed by atoms with E-state index in [-0.39, 0.29) is 11.9 Å². The first-order valence-corrected chi connectivity index (χ1v) is 8.76. The van der Waals surface area contributed by atoms with Crippen LogP contribution in [0.1, 0.15) is 18.9 Å². The number of ether oxygens (including phenoxy) is 1. The smallest absolute Gasteiger partial charge is 0.162 e. The number of benzene rings is 2. The number of carbonyl (C=O) groups excluding carboxylic acids is 1. The van der Waals surface area contributed by atoms with Gasteiger partial charge in [-0.05, 0) is 49.2 Å². The van der Waals surface area contributed by atoms with E-state index in [1.807, 2.05) is 85.6 Å². The van der Waals surface area contributed by atoms with Gasteiger partial charge < -0.3 is 15.4 Å². The Labute approximate surface area is 154 Å². The highest BCUT2D eigenvalue weighted by molar-refractivity contribution is 5.97. The Balaban J connectivity index is 1.57. The van der Waals surface area contributed by atoms with Crippen molar-refractivity contribution in [2.24, 2.45) is 5.73 Å². The molecule has 0 amide bonds. The Morgan fingerprint density at radius 3 is 2.38 bits per heavy atom. The summed E-state index contributed by atoms with van der Waals surface area (Å²) in [6.45, 7) is 1.98. The monoisotopic (exact) mass is 348 g/mol. The molecule has 1 unspecified atom stereocenters. The minimum atomic E-state index is -0.367. The molecule has 1 atom stereocenters. The van der Waals surface area contributed by atoms with Gasteiger partial charge in [-0.1, -0.05) is 36.4 Å². The van der Waals surface area contributed by atoms with Gasteiger partial charge in [0, 0.05) is 24.7 Å². The van der Waals surface area contributed by atoms with Crippen molar-refractivity contribution in [1.82, 2.24) is 4.90 Å². The van der Waals surface area contributed by atoms with Crippen molar-refractivity contribution in [1.29, 1.82) is 0 Å². The highest BCUT2D eigenvalue weighted by atomic mass is 16.5. The van der Waals surface area contributed by atoms with E-state index in [0.29, 0.717) is 18.4 Å². The largest absolute Gasteiger partial charge is 0.457 e. The molecule has 2 N–H and O–H groups in total. The summed E-state index contributed by atoms with van der Waals surface area (Å²) in [5.74, 6) is 1.68. The molecule has 0 radical (unpaired) electrons. The zero-order valence-corrected chi connectivity index (χ0v) is 15.2. The average molecular weight is 348 g/mol. The van der Waals surface area contributed by atoms with Crippen molar-refractivity contribution >= 4 is 5.78 Å². The average Bonchev–Trinajstić information content (AvgIpc) is 2.66. The van der Waals surface area contributed by atoms with Crippen LogP contribution in [0.5, 0.6) is 11.5 Å². The molecule has 0 spiro atoms. The van der Waals surface area contributed by atoms with E-state index in [1.165, 1.54) is 0 Å². The molecule has 1 aliphatic rings. The molecule has 0 aromatic heterocycles. The Morgan fingerprint density at radius 1 is 1.04 bits per heavy atom. The van der Waals surface area contributed by atoms with Crippen LogP contribution in [0.3, 0.4) is 0 Å². The predicted octanol–water partition coefficient (Wildman–Crippen LogP) is 4.04. The second-order valence-electron chi connectivity index (χ2n) is 6.47. The molecule has 0 saturated carbocycles. The summed E-state index contributed by atoms with van der Waals surface area (Å²) in [4.78, 5) is 14.4. The lowest BCUT2D eigenvalue weighted by Crippen LogP contribution is -2.43. The third-order valence-corrected chi connectivity index (χ3v) is 4.66. The molecule has 4 nitrogen and oxygen atoms in total. The molecule has 2 aromatic rings. The van der Waals surface area contributed by atoms with E-state index in [4.69, 9.17) is 10.5 Å². The van der Waals surface area contributed by atoms with Gasteiger partial charge in [-0.25, -0.2) is 0 Å². The fraction of sp³-hybridized carbons (Fsp3) is 0.227. The predicted molar refractivity (Wildman–Crippen MR) is 104 cm³/mol. The Kier molecular flexibility index (Phi) is 5.54. The third-order valence-electron chi connectivity index (χ3n) is 4.66. The van der Waals surface area contributed by atoms with Gasteiger partial charge in [-0.3, -0.25) is 4.79 Å². The highest BCUT2D eigenvalue weighted by Gasteiger charge is 2.23. The number of hydrogen-bond donors (Lipinski definition) is 1. The lowest BCUT2D eigenvalue weighted by molar-refractivity contribution is -0.116. The van der Waals surface area contributed by atoms with Crippen molar-refractivity contribution < 1.29 is 9.53 Å². The number of likely N-dealkylation sites (N-methyl/N-ethyl adjacent to an activating group) is 1. The third kappa shape index (κ3) is 4.21. The fourth-order valence-electron chi connectivity index (χ4n) is 2.86. The number of para-hydroxylation sites is 1. The van der Waals surface area contributed by atoms with Gasteiger partial charge in [0.2, 0.25) is 0 Å². The zero-order valence-electron chi connectivity index (χ0n) is 15.2. The molecular formula is C22H24N2O2.